The summed E-state index contributed by atoms with van der Waals surface area (Å²) in [4.78, 5) is 26.3. The lowest BCUT2D eigenvalue weighted by Gasteiger charge is -2.17. The van der Waals surface area contributed by atoms with Crippen molar-refractivity contribution in [2.24, 2.45) is 0 Å². The maximum atomic E-state index is 12.4. The van der Waals surface area contributed by atoms with Gasteiger partial charge in [-0.25, -0.2) is 0 Å². The molecule has 1 atom stereocenters. The number of nitrogens with one attached hydrogen (secondary N) is 1. The second-order valence-electron chi connectivity index (χ2n) is 6.89. The molecule has 2 heterocycles. The van der Waals surface area contributed by atoms with Crippen LogP contribution in [-0.4, -0.2) is 40.6 Å². The molecule has 1 aliphatic carbocycles. The van der Waals surface area contributed by atoms with Crippen LogP contribution in [0.2, 0.25) is 0 Å². The smallest absolute Gasteiger partial charge is 0.231 e. The summed E-state index contributed by atoms with van der Waals surface area (Å²) in [5.41, 5.74) is 0.948. The van der Waals surface area contributed by atoms with Crippen LogP contribution in [0.1, 0.15) is 44.7 Å². The molecule has 29 heavy (non-hydrogen) atoms. The summed E-state index contributed by atoms with van der Waals surface area (Å²) in [6, 6.07) is 5.74. The Kier molecular flexibility index (Phi) is 5.91. The molecule has 10 heteroatoms. The van der Waals surface area contributed by atoms with Gasteiger partial charge in [-0.2, -0.15) is 0 Å². The Morgan fingerprint density at radius 1 is 1.31 bits per heavy atom. The van der Waals surface area contributed by atoms with Crippen LogP contribution in [0.25, 0.3) is 0 Å². The number of nitrogens with zero attached hydrogens (tertiary/aromatic N) is 3. The first-order valence-electron chi connectivity index (χ1n) is 9.52. The highest BCUT2D eigenvalue weighted by Crippen LogP contribution is 2.36. The molecule has 0 bridgehead atoms. The van der Waals surface area contributed by atoms with Gasteiger partial charge in [0.2, 0.25) is 23.7 Å². The molecule has 1 N–H and O–H groups in total. The molecule has 0 radical (unpaired) electrons. The zero-order valence-electron chi connectivity index (χ0n) is 16.2. The number of aromatic nitrogens is 2. The fourth-order valence-corrected chi connectivity index (χ4v) is 4.75. The topological polar surface area (TPSA) is 93.7 Å². The predicted octanol–water partition coefficient (Wildman–Crippen LogP) is 3.14. The first-order valence-corrected chi connectivity index (χ1v) is 11.3. The molecule has 2 amide bonds. The van der Waals surface area contributed by atoms with E-state index >= 15 is 0 Å². The van der Waals surface area contributed by atoms with Gasteiger partial charge in [0.15, 0.2) is 15.8 Å². The van der Waals surface area contributed by atoms with Crippen LogP contribution in [0.5, 0.6) is 11.5 Å². The minimum atomic E-state index is -0.157. The third-order valence-electron chi connectivity index (χ3n) is 4.69. The minimum absolute atomic E-state index is 0.0653. The maximum Gasteiger partial charge on any atom is 0.231 e. The van der Waals surface area contributed by atoms with Gasteiger partial charge in [-0.1, -0.05) is 36.1 Å². The van der Waals surface area contributed by atoms with Gasteiger partial charge in [-0.05, 0) is 37.5 Å². The number of rotatable bonds is 8. The molecule has 2 aliphatic rings. The van der Waals surface area contributed by atoms with Crippen molar-refractivity contribution in [3.63, 3.8) is 0 Å². The molecule has 154 valence electrons. The summed E-state index contributed by atoms with van der Waals surface area (Å²) in [5, 5.41) is 11.9. The minimum Gasteiger partial charge on any atom is -0.454 e. The van der Waals surface area contributed by atoms with E-state index in [1.54, 1.807) is 4.90 Å². The quantitative estimate of drug-likeness (QED) is 0.504. The number of anilines is 1. The van der Waals surface area contributed by atoms with Gasteiger partial charge < -0.3 is 14.8 Å². The lowest BCUT2D eigenvalue weighted by Crippen LogP contribution is -2.32. The first-order chi connectivity index (χ1) is 14.0. The first kappa shape index (κ1) is 20.0. The molecule has 1 saturated carbocycles. The highest BCUT2D eigenvalue weighted by Gasteiger charge is 2.35. The van der Waals surface area contributed by atoms with Crippen molar-refractivity contribution in [2.45, 2.75) is 49.5 Å². The highest BCUT2D eigenvalue weighted by molar-refractivity contribution is 8.01. The van der Waals surface area contributed by atoms with Gasteiger partial charge in [-0.3, -0.25) is 14.5 Å². The van der Waals surface area contributed by atoms with Gasteiger partial charge in [0.25, 0.3) is 0 Å². The monoisotopic (exact) mass is 434 g/mol. The van der Waals surface area contributed by atoms with E-state index in [4.69, 9.17) is 9.47 Å². The maximum absolute atomic E-state index is 12.4. The van der Waals surface area contributed by atoms with E-state index in [0.717, 1.165) is 24.2 Å². The fraction of sp³-hybridized carbons (Fsp3) is 0.474. The second kappa shape index (κ2) is 8.58. The van der Waals surface area contributed by atoms with Crippen LogP contribution in [0, 0.1) is 0 Å². The van der Waals surface area contributed by atoms with Crippen molar-refractivity contribution in [1.82, 2.24) is 15.5 Å². The summed E-state index contributed by atoms with van der Waals surface area (Å²) in [5.74, 6) is 1.61. The van der Waals surface area contributed by atoms with E-state index in [2.05, 4.69) is 15.5 Å². The third-order valence-corrected chi connectivity index (χ3v) is 6.74. The highest BCUT2D eigenvalue weighted by atomic mass is 32.2. The molecule has 2 aromatic rings. The van der Waals surface area contributed by atoms with Gasteiger partial charge >= 0.3 is 0 Å². The van der Waals surface area contributed by atoms with Gasteiger partial charge in [-0.15, -0.1) is 10.2 Å². The average molecular weight is 435 g/mol. The Labute approximate surface area is 177 Å². The summed E-state index contributed by atoms with van der Waals surface area (Å²) < 4.78 is 11.4. The Morgan fingerprint density at radius 2 is 2.10 bits per heavy atom. The molecule has 1 aliphatic heterocycles. The van der Waals surface area contributed by atoms with Crippen LogP contribution >= 0.6 is 23.1 Å². The van der Waals surface area contributed by atoms with Crippen molar-refractivity contribution in [1.29, 1.82) is 0 Å². The second-order valence-corrected chi connectivity index (χ2v) is 9.07. The fourth-order valence-electron chi connectivity index (χ4n) is 3.00. The molecule has 4 rings (SSSR count). The van der Waals surface area contributed by atoms with E-state index in [9.17, 15) is 9.59 Å². The SMILES string of the molecule is CCC(=O)N(c1nnc(SCC(=O)NC(C)c2ccc3c(c2)OCO3)s1)C1CC1. The van der Waals surface area contributed by atoms with Gasteiger partial charge in [0, 0.05) is 12.5 Å². The normalized spacial score (nSPS) is 15.8. The Hall–Kier alpha value is -2.33. The lowest BCUT2D eigenvalue weighted by molar-refractivity contribution is -0.119. The Morgan fingerprint density at radius 3 is 2.86 bits per heavy atom. The molecule has 0 spiro atoms. The number of hydrogen-bond acceptors (Lipinski definition) is 8. The molecule has 1 aromatic carbocycles. The Balaban J connectivity index is 1.30. The standard InChI is InChI=1S/C19H22N4O4S2/c1-3-17(25)23(13-5-6-13)18-21-22-19(29-18)28-9-16(24)20-11(2)12-4-7-14-15(8-12)27-10-26-14/h4,7-8,11,13H,3,5-6,9-10H2,1-2H3,(H,20,24). The average Bonchev–Trinajstić information content (AvgIpc) is 3.25. The van der Waals surface area contributed by atoms with E-state index in [0.29, 0.717) is 21.6 Å². The number of amides is 2. The molecular weight excluding hydrogens is 412 g/mol. The van der Waals surface area contributed by atoms with E-state index in [1.165, 1.54) is 23.1 Å². The van der Waals surface area contributed by atoms with Gasteiger partial charge in [0.05, 0.1) is 11.8 Å². The molecule has 1 aromatic heterocycles. The van der Waals surface area contributed by atoms with Crippen molar-refractivity contribution in [3.8, 4) is 11.5 Å². The lowest BCUT2D eigenvalue weighted by atomic mass is 10.1. The zero-order chi connectivity index (χ0) is 20.4. The molecule has 8 nitrogen and oxygen atoms in total. The zero-order valence-corrected chi connectivity index (χ0v) is 17.8. The molecule has 1 unspecified atom stereocenters. The summed E-state index contributed by atoms with van der Waals surface area (Å²) in [7, 11) is 0. The van der Waals surface area contributed by atoms with Crippen LogP contribution in [0.3, 0.4) is 0 Å². The van der Waals surface area contributed by atoms with Crippen LogP contribution < -0.4 is 19.7 Å². The van der Waals surface area contributed by atoms with Crippen molar-refractivity contribution in [3.05, 3.63) is 23.8 Å². The molecular formula is C19H22N4O4S2. The number of carbonyl (C=O) groups is 2. The summed E-state index contributed by atoms with van der Waals surface area (Å²) >= 11 is 2.68. The summed E-state index contributed by atoms with van der Waals surface area (Å²) in [6.45, 7) is 4.00. The number of ether oxygens (including phenoxy) is 2. The Bertz CT molecular complexity index is 915. The third kappa shape index (κ3) is 4.64. The number of fused-ring (bicyclic) bond motifs is 1. The number of carbonyl (C=O) groups excluding carboxylic acids is 2. The number of hydrogen-bond donors (Lipinski definition) is 1. The molecule has 1 fully saturated rings. The number of benzene rings is 1. The van der Waals surface area contributed by atoms with Crippen molar-refractivity contribution < 1.29 is 19.1 Å². The van der Waals surface area contributed by atoms with Crippen LogP contribution in [-0.2, 0) is 9.59 Å². The van der Waals surface area contributed by atoms with Crippen molar-refractivity contribution >= 4 is 40.0 Å². The van der Waals surface area contributed by atoms with Gasteiger partial charge in [0.1, 0.15) is 0 Å². The number of thioether (sulfide) groups is 1. The van der Waals surface area contributed by atoms with E-state index < -0.39 is 0 Å². The van der Waals surface area contributed by atoms with Crippen LogP contribution in [0.4, 0.5) is 5.13 Å². The molecule has 0 saturated heterocycles. The van der Waals surface area contributed by atoms with Crippen LogP contribution in [0.15, 0.2) is 22.5 Å². The van der Waals surface area contributed by atoms with E-state index in [1.807, 2.05) is 32.0 Å². The largest absolute Gasteiger partial charge is 0.454 e. The van der Waals surface area contributed by atoms with E-state index in [-0.39, 0.29) is 36.4 Å². The summed E-state index contributed by atoms with van der Waals surface area (Å²) in [6.07, 6.45) is 2.46. The predicted molar refractivity (Wildman–Crippen MR) is 111 cm³/mol. The van der Waals surface area contributed by atoms with Crippen molar-refractivity contribution in [2.75, 3.05) is 17.4 Å².